The molecule has 1 aromatic heterocycles. The van der Waals surface area contributed by atoms with Crippen molar-refractivity contribution >= 4 is 0 Å². The van der Waals surface area contributed by atoms with Crippen molar-refractivity contribution in [2.45, 2.75) is 40.3 Å². The van der Waals surface area contributed by atoms with Crippen LogP contribution in [0.25, 0.3) is 22.4 Å². The van der Waals surface area contributed by atoms with E-state index in [1.807, 2.05) is 60.7 Å². The van der Waals surface area contributed by atoms with Gasteiger partial charge in [0.2, 0.25) is 0 Å². The zero-order valence-corrected chi connectivity index (χ0v) is 23.6. The molecular formula is C36H34IrN. The van der Waals surface area contributed by atoms with Crippen LogP contribution in [0, 0.1) is 37.8 Å². The summed E-state index contributed by atoms with van der Waals surface area (Å²) in [4.78, 5) is 4.14. The zero-order chi connectivity index (χ0) is 34.6. The van der Waals surface area contributed by atoms with Crippen LogP contribution in [0.15, 0.2) is 103 Å². The van der Waals surface area contributed by atoms with Gasteiger partial charge < -0.3 is 4.98 Å². The van der Waals surface area contributed by atoms with E-state index in [-0.39, 0.29) is 36.8 Å². The van der Waals surface area contributed by atoms with Crippen LogP contribution in [0.5, 0.6) is 0 Å². The van der Waals surface area contributed by atoms with E-state index in [9.17, 15) is 0 Å². The monoisotopic (exact) mass is 683 g/mol. The van der Waals surface area contributed by atoms with Crippen molar-refractivity contribution in [3.05, 3.63) is 149 Å². The van der Waals surface area contributed by atoms with Crippen molar-refractivity contribution in [2.24, 2.45) is 5.92 Å². The minimum atomic E-state index is -2.49. The average molecular weight is 683 g/mol. The Balaban J connectivity index is 0.000000260. The minimum Gasteiger partial charge on any atom is -0.304 e. The van der Waals surface area contributed by atoms with Gasteiger partial charge in [0.1, 0.15) is 0 Å². The summed E-state index contributed by atoms with van der Waals surface area (Å²) in [5, 5.41) is 0. The van der Waals surface area contributed by atoms with Crippen LogP contribution in [0.3, 0.4) is 0 Å². The zero-order valence-electron chi connectivity index (χ0n) is 31.2. The molecule has 4 aromatic carbocycles. The predicted octanol–water partition coefficient (Wildman–Crippen LogP) is 8.91. The molecule has 2 heteroatoms. The van der Waals surface area contributed by atoms with E-state index in [0.717, 1.165) is 11.1 Å². The number of hydrogen-bond acceptors (Lipinski definition) is 1. The molecule has 0 atom stereocenters. The summed E-state index contributed by atoms with van der Waals surface area (Å²) in [5.41, 5.74) is 3.93. The Morgan fingerprint density at radius 2 is 1.61 bits per heavy atom. The first-order valence-electron chi connectivity index (χ1n) is 17.0. The molecule has 0 radical (unpaired) electrons. The Morgan fingerprint density at radius 1 is 0.789 bits per heavy atom. The van der Waals surface area contributed by atoms with Gasteiger partial charge in [-0.1, -0.05) is 62.7 Å². The molecule has 192 valence electrons. The summed E-state index contributed by atoms with van der Waals surface area (Å²) in [5.74, 6) is -0.444. The van der Waals surface area contributed by atoms with E-state index in [0.29, 0.717) is 22.4 Å². The Kier molecular flexibility index (Phi) is 6.92. The Morgan fingerprint density at radius 3 is 2.29 bits per heavy atom. The Labute approximate surface area is 256 Å². The second-order valence-corrected chi connectivity index (χ2v) is 8.66. The Hall–Kier alpha value is -3.32. The molecule has 0 amide bonds. The summed E-state index contributed by atoms with van der Waals surface area (Å²) < 4.78 is 78.6. The summed E-state index contributed by atoms with van der Waals surface area (Å²) in [7, 11) is 0. The molecule has 0 aliphatic rings. The van der Waals surface area contributed by atoms with Crippen molar-refractivity contribution in [2.75, 3.05) is 0 Å². The van der Waals surface area contributed by atoms with Crippen LogP contribution in [0.1, 0.15) is 55.4 Å². The number of aromatic nitrogens is 1. The smallest absolute Gasteiger partial charge is 0.304 e. The maximum atomic E-state index is 8.41. The molecule has 5 aromatic rings. The molecule has 38 heavy (non-hydrogen) atoms. The molecule has 0 fully saturated rings. The van der Waals surface area contributed by atoms with Crippen molar-refractivity contribution in [3.8, 4) is 22.4 Å². The normalized spacial score (nSPS) is 15.7. The van der Waals surface area contributed by atoms with Gasteiger partial charge in [-0.2, -0.15) is 42.5 Å². The van der Waals surface area contributed by atoms with E-state index in [4.69, 9.17) is 13.7 Å². The van der Waals surface area contributed by atoms with E-state index in [2.05, 4.69) is 23.2 Å². The van der Waals surface area contributed by atoms with Crippen LogP contribution in [-0.2, 0) is 32.9 Å². The van der Waals surface area contributed by atoms with Crippen LogP contribution >= 0.6 is 0 Å². The molecule has 0 unspecified atom stereocenters. The van der Waals surface area contributed by atoms with E-state index < -0.39 is 32.4 Å². The Bertz CT molecular complexity index is 1770. The van der Waals surface area contributed by atoms with Crippen LogP contribution in [0.4, 0.5) is 0 Å². The summed E-state index contributed by atoms with van der Waals surface area (Å²) in [6.07, 6.45) is -2.22. The number of hydrogen-bond donors (Lipinski definition) is 0. The number of nitrogens with zero attached hydrogens (tertiary/aromatic N) is 1. The third-order valence-electron chi connectivity index (χ3n) is 5.30. The molecule has 1 heterocycles. The van der Waals surface area contributed by atoms with Gasteiger partial charge in [-0.15, -0.1) is 53.1 Å². The third kappa shape index (κ3) is 8.62. The summed E-state index contributed by atoms with van der Waals surface area (Å²) >= 11 is 0. The largest absolute Gasteiger partial charge is 3.00 e. The van der Waals surface area contributed by atoms with Crippen LogP contribution in [0.2, 0.25) is 0 Å². The van der Waals surface area contributed by atoms with Gasteiger partial charge in [0.15, 0.2) is 0 Å². The van der Waals surface area contributed by atoms with Gasteiger partial charge in [-0.3, -0.25) is 0 Å². The molecule has 0 aliphatic heterocycles. The fraction of sp³-hybridized carbons (Fsp3) is 0.194. The first kappa shape index (κ1) is 18.1. The van der Waals surface area contributed by atoms with Crippen molar-refractivity contribution in [1.29, 1.82) is 0 Å². The molecule has 0 bridgehead atoms. The van der Waals surface area contributed by atoms with Gasteiger partial charge in [-0.25, -0.2) is 11.1 Å². The number of benzene rings is 4. The molecule has 1 nitrogen and oxygen atoms in total. The number of pyridine rings is 1. The van der Waals surface area contributed by atoms with Crippen molar-refractivity contribution in [3.63, 3.8) is 0 Å². The second kappa shape index (κ2) is 14.6. The second-order valence-electron chi connectivity index (χ2n) is 8.66. The van der Waals surface area contributed by atoms with E-state index in [1.54, 1.807) is 26.0 Å². The predicted molar refractivity (Wildman–Crippen MR) is 155 cm³/mol. The fourth-order valence-corrected chi connectivity index (χ4v) is 3.57. The quantitative estimate of drug-likeness (QED) is 0.163. The molecule has 0 saturated heterocycles. The maximum absolute atomic E-state index is 8.41. The molecule has 0 aliphatic carbocycles. The van der Waals surface area contributed by atoms with Gasteiger partial charge in [-0.05, 0) is 42.3 Å². The minimum absolute atomic E-state index is 0. The molecule has 0 spiro atoms. The number of aryl methyl sites for hydroxylation is 2. The maximum Gasteiger partial charge on any atom is 3.00 e. The van der Waals surface area contributed by atoms with Gasteiger partial charge in [0, 0.05) is 19.9 Å². The van der Waals surface area contributed by atoms with Gasteiger partial charge in [0.25, 0.3) is 0 Å². The van der Waals surface area contributed by atoms with Crippen LogP contribution in [-0.4, -0.2) is 4.98 Å². The van der Waals surface area contributed by atoms with Gasteiger partial charge in [0.05, 0.1) is 0 Å². The first-order valence-corrected chi connectivity index (χ1v) is 12.0. The SMILES string of the molecule is [2H]C([2H])([2H])c1c[c-]c(-c2cc(C([2H])([2H])C(C)C)c(C([2H])([2H])[2H])cn2)cc1.[2H]C([2H])(c1ccccc1)c1cc[c-]c(-c2[c-]cccc2)c1.[Ir+3]. The van der Waals surface area contributed by atoms with Gasteiger partial charge >= 0.3 is 20.1 Å². The average Bonchev–Trinajstić information content (AvgIpc) is 3.05. The molecular weight excluding hydrogens is 639 g/mol. The fourth-order valence-electron chi connectivity index (χ4n) is 3.57. The van der Waals surface area contributed by atoms with Crippen LogP contribution < -0.4 is 0 Å². The summed E-state index contributed by atoms with van der Waals surface area (Å²) in [6.45, 7) is -1.37. The van der Waals surface area contributed by atoms with E-state index >= 15 is 0 Å². The first-order chi connectivity index (χ1) is 21.9. The molecule has 5 rings (SSSR count). The molecule has 0 N–H and O–H groups in total. The van der Waals surface area contributed by atoms with Crippen molar-refractivity contribution < 1.29 is 33.8 Å². The third-order valence-corrected chi connectivity index (χ3v) is 5.30. The topological polar surface area (TPSA) is 12.9 Å². The number of rotatable bonds is 6. The van der Waals surface area contributed by atoms with E-state index in [1.165, 1.54) is 30.5 Å². The molecule has 0 saturated carbocycles. The van der Waals surface area contributed by atoms with Crippen molar-refractivity contribution in [1.82, 2.24) is 4.98 Å². The standard InChI is InChI=1S/C19H14.C17H20N.Ir/c1-3-8-16(9-4-1)14-17-10-7-13-19(15-17)18-11-5-2-6-12-18;1-12(2)9-16-10-17(18-11-14(16)4)15-7-5-13(3)6-8-15;/h1-11,15H,14H2;5-7,10-12H,9H2,1-4H3;/q-2;-1;+3/i14D2;3D3,4D3,9D2;. The summed E-state index contributed by atoms with van der Waals surface area (Å²) in [6, 6.07) is 37.2.